The van der Waals surface area contributed by atoms with E-state index in [0.717, 1.165) is 114 Å². The van der Waals surface area contributed by atoms with Gasteiger partial charge in [-0.25, -0.2) is 9.13 Å². The summed E-state index contributed by atoms with van der Waals surface area (Å²) in [5.74, 6) is 0.467. The van der Waals surface area contributed by atoms with Crippen molar-refractivity contribution < 1.29 is 80.2 Å². The van der Waals surface area contributed by atoms with Crippen molar-refractivity contribution in [3.05, 3.63) is 0 Å². The molecule has 0 aliphatic heterocycles. The standard InChI is InChI=1S/C94H184O17P2/c1-8-11-12-13-14-54-61-68-75-91(96)104-81-89(110-93(98)77-70-63-56-49-43-37-31-25-18-15-21-27-33-39-45-51-58-65-72-85(4)5)83-108-112(100,101)106-79-88(95)80-107-113(102,103)109-84-90(111-94(99)78-71-64-57-50-44-38-32-26-20-17-23-29-35-41-47-53-60-67-74-87(7)10-3)82-105-92(97)76-69-62-55-48-42-36-30-24-19-16-22-28-34-40-46-52-59-66-73-86(6)9-2/h85-90,95H,8-84H2,1-7H3,(H,100,101)(H,102,103)/t86?,87?,88-,89+,90+/m0/s1. The summed E-state index contributed by atoms with van der Waals surface area (Å²) in [5, 5.41) is 10.7. The molecule has 0 aliphatic carbocycles. The fourth-order valence-corrected chi connectivity index (χ4v) is 16.3. The number of phosphoric acid groups is 2. The van der Waals surface area contributed by atoms with E-state index in [2.05, 4.69) is 48.5 Å². The first-order valence-corrected chi connectivity index (χ1v) is 51.4. The molecule has 0 aromatic carbocycles. The van der Waals surface area contributed by atoms with E-state index >= 15 is 0 Å². The van der Waals surface area contributed by atoms with Gasteiger partial charge in [-0.3, -0.25) is 37.3 Å². The third-order valence-corrected chi connectivity index (χ3v) is 24.8. The second-order valence-electron chi connectivity index (χ2n) is 34.7. The summed E-state index contributed by atoms with van der Waals surface area (Å²) in [7, 11) is -9.93. The molecule has 4 unspecified atom stereocenters. The van der Waals surface area contributed by atoms with E-state index < -0.39 is 97.5 Å². The highest BCUT2D eigenvalue weighted by Gasteiger charge is 2.31. The van der Waals surface area contributed by atoms with Gasteiger partial charge in [-0.1, -0.05) is 453 Å². The lowest BCUT2D eigenvalue weighted by atomic mass is 9.99. The third kappa shape index (κ3) is 84.9. The van der Waals surface area contributed by atoms with Crippen LogP contribution >= 0.6 is 15.6 Å². The molecule has 0 aromatic rings. The molecular formula is C94H184O17P2. The lowest BCUT2D eigenvalue weighted by Crippen LogP contribution is -2.30. The Labute approximate surface area is 696 Å². The highest BCUT2D eigenvalue weighted by Crippen LogP contribution is 2.45. The van der Waals surface area contributed by atoms with Crippen molar-refractivity contribution in [2.45, 2.75) is 523 Å². The van der Waals surface area contributed by atoms with Crippen molar-refractivity contribution in [1.82, 2.24) is 0 Å². The van der Waals surface area contributed by atoms with Gasteiger partial charge in [0.25, 0.3) is 0 Å². The van der Waals surface area contributed by atoms with E-state index in [-0.39, 0.29) is 25.7 Å². The molecule has 7 atom stereocenters. The van der Waals surface area contributed by atoms with Crippen molar-refractivity contribution in [2.75, 3.05) is 39.6 Å². The second-order valence-corrected chi connectivity index (χ2v) is 37.6. The van der Waals surface area contributed by atoms with Gasteiger partial charge in [-0.15, -0.1) is 0 Å². The maximum Gasteiger partial charge on any atom is 0.472 e. The molecule has 17 nitrogen and oxygen atoms in total. The van der Waals surface area contributed by atoms with E-state index in [9.17, 15) is 43.2 Å². The lowest BCUT2D eigenvalue weighted by Gasteiger charge is -2.21. The number of phosphoric ester groups is 2. The highest BCUT2D eigenvalue weighted by atomic mass is 31.2. The van der Waals surface area contributed by atoms with Gasteiger partial charge in [0, 0.05) is 25.7 Å². The summed E-state index contributed by atoms with van der Waals surface area (Å²) < 4.78 is 69.0. The second kappa shape index (κ2) is 83.7. The van der Waals surface area contributed by atoms with E-state index in [1.54, 1.807) is 0 Å². The summed E-state index contributed by atoms with van der Waals surface area (Å²) in [4.78, 5) is 73.4. The maximum absolute atomic E-state index is 13.2. The highest BCUT2D eigenvalue weighted by molar-refractivity contribution is 7.47. The molecule has 0 radical (unpaired) electrons. The van der Waals surface area contributed by atoms with Gasteiger partial charge in [-0.2, -0.15) is 0 Å². The van der Waals surface area contributed by atoms with Crippen molar-refractivity contribution >= 4 is 39.5 Å². The average Bonchev–Trinajstić information content (AvgIpc) is 0.892. The van der Waals surface area contributed by atoms with Gasteiger partial charge in [0.1, 0.15) is 19.3 Å². The number of aliphatic hydroxyl groups is 1. The maximum atomic E-state index is 13.2. The van der Waals surface area contributed by atoms with Crippen molar-refractivity contribution in [2.24, 2.45) is 17.8 Å². The third-order valence-electron chi connectivity index (χ3n) is 22.9. The molecule has 0 spiro atoms. The van der Waals surface area contributed by atoms with Crippen LogP contribution in [0.4, 0.5) is 0 Å². The Morgan fingerprint density at radius 1 is 0.257 bits per heavy atom. The summed E-state index contributed by atoms with van der Waals surface area (Å²) in [6, 6.07) is 0. The van der Waals surface area contributed by atoms with Crippen LogP contribution in [0.5, 0.6) is 0 Å². The smallest absolute Gasteiger partial charge is 0.462 e. The van der Waals surface area contributed by atoms with Gasteiger partial charge >= 0.3 is 39.5 Å². The molecule has 113 heavy (non-hydrogen) atoms. The van der Waals surface area contributed by atoms with Crippen molar-refractivity contribution in [1.29, 1.82) is 0 Å². The molecule has 3 N–H and O–H groups in total. The van der Waals surface area contributed by atoms with E-state index in [1.165, 1.54) is 308 Å². The Bertz CT molecular complexity index is 2170. The summed E-state index contributed by atoms with van der Waals surface area (Å²) in [5.41, 5.74) is 0. The quantitative estimate of drug-likeness (QED) is 0.0222. The number of rotatable bonds is 92. The molecule has 0 saturated heterocycles. The van der Waals surface area contributed by atoms with Crippen LogP contribution in [0.1, 0.15) is 504 Å². The monoisotopic (exact) mass is 1650 g/mol. The zero-order valence-corrected chi connectivity index (χ0v) is 76.7. The molecular weight excluding hydrogens is 1460 g/mol. The zero-order chi connectivity index (χ0) is 82.9. The van der Waals surface area contributed by atoms with Crippen LogP contribution in [0, 0.1) is 17.8 Å². The Balaban J connectivity index is 5.16. The normalized spacial score (nSPS) is 14.2. The first-order chi connectivity index (χ1) is 54.8. The number of hydrogen-bond acceptors (Lipinski definition) is 15. The molecule has 0 saturated carbocycles. The molecule has 0 bridgehead atoms. The SMILES string of the molecule is CCCCCCCCCCC(=O)OC[C@H](COP(=O)(O)OC[C@H](O)COP(=O)(O)OC[C@@H](COC(=O)CCCCCCCCCCCCCCCCCCCCC(C)CC)OC(=O)CCCCCCCCCCCCCCCCCCCCC(C)CC)OC(=O)CCCCCCCCCCCCCCCCCCCCC(C)C. The fourth-order valence-electron chi connectivity index (χ4n) is 14.7. The number of carbonyl (C=O) groups excluding carboxylic acids is 4. The topological polar surface area (TPSA) is 237 Å². The van der Waals surface area contributed by atoms with Crippen LogP contribution < -0.4 is 0 Å². The van der Waals surface area contributed by atoms with E-state index in [0.29, 0.717) is 25.7 Å². The molecule has 0 aromatic heterocycles. The van der Waals surface area contributed by atoms with Crippen LogP contribution in [-0.2, 0) is 65.4 Å². The van der Waals surface area contributed by atoms with Crippen LogP contribution in [0.15, 0.2) is 0 Å². The molecule has 0 fully saturated rings. The first-order valence-electron chi connectivity index (χ1n) is 48.4. The number of carbonyl (C=O) groups is 4. The number of aliphatic hydroxyl groups excluding tert-OH is 1. The molecule has 0 amide bonds. The van der Waals surface area contributed by atoms with Crippen LogP contribution in [0.25, 0.3) is 0 Å². The largest absolute Gasteiger partial charge is 0.472 e. The Morgan fingerprint density at radius 2 is 0.451 bits per heavy atom. The van der Waals surface area contributed by atoms with E-state index in [1.807, 2.05) is 0 Å². The van der Waals surface area contributed by atoms with Crippen LogP contribution in [0.3, 0.4) is 0 Å². The van der Waals surface area contributed by atoms with Crippen LogP contribution in [-0.4, -0.2) is 96.7 Å². The molecule has 0 heterocycles. The predicted molar refractivity (Wildman–Crippen MR) is 469 cm³/mol. The van der Waals surface area contributed by atoms with Gasteiger partial charge < -0.3 is 33.8 Å². The van der Waals surface area contributed by atoms with Gasteiger partial charge in [-0.05, 0) is 43.4 Å². The summed E-state index contributed by atoms with van der Waals surface area (Å²) in [6.07, 6.45) is 78.0. The van der Waals surface area contributed by atoms with Crippen molar-refractivity contribution in [3.63, 3.8) is 0 Å². The summed E-state index contributed by atoms with van der Waals surface area (Å²) >= 11 is 0. The van der Waals surface area contributed by atoms with Crippen molar-refractivity contribution in [3.8, 4) is 0 Å². The number of esters is 4. The van der Waals surface area contributed by atoms with E-state index in [4.69, 9.17) is 37.0 Å². The van der Waals surface area contributed by atoms with Gasteiger partial charge in [0.05, 0.1) is 26.4 Å². The Morgan fingerprint density at radius 3 is 0.673 bits per heavy atom. The predicted octanol–water partition coefficient (Wildman–Crippen LogP) is 29.2. The fraction of sp³-hybridized carbons (Fsp3) is 0.957. The number of ether oxygens (including phenoxy) is 4. The minimum Gasteiger partial charge on any atom is -0.462 e. The number of hydrogen-bond donors (Lipinski definition) is 3. The Kier molecular flexibility index (Phi) is 82.3. The molecule has 672 valence electrons. The summed E-state index contributed by atoms with van der Waals surface area (Å²) in [6.45, 7) is 12.2. The average molecular weight is 1650 g/mol. The zero-order valence-electron chi connectivity index (χ0n) is 74.9. The van der Waals surface area contributed by atoms with Crippen LogP contribution in [0.2, 0.25) is 0 Å². The van der Waals surface area contributed by atoms with Gasteiger partial charge in [0.2, 0.25) is 0 Å². The van der Waals surface area contributed by atoms with Gasteiger partial charge in [0.15, 0.2) is 12.2 Å². The molecule has 0 rings (SSSR count). The Hall–Kier alpha value is -1.94. The number of unbranched alkanes of at least 4 members (excludes halogenated alkanes) is 58. The lowest BCUT2D eigenvalue weighted by molar-refractivity contribution is -0.161. The molecule has 19 heteroatoms. The minimum atomic E-state index is -4.97. The first kappa shape index (κ1) is 111. The minimum absolute atomic E-state index is 0.108. The molecule has 0 aliphatic rings.